The summed E-state index contributed by atoms with van der Waals surface area (Å²) >= 11 is 0. The molecule has 0 aromatic heterocycles. The van der Waals surface area contributed by atoms with Crippen LogP contribution in [0.4, 0.5) is 0 Å². The van der Waals surface area contributed by atoms with Crippen LogP contribution in [-0.2, 0) is 9.53 Å². The van der Waals surface area contributed by atoms with Crippen LogP contribution in [0.1, 0.15) is 13.8 Å². The molecule has 0 saturated carbocycles. The average molecular weight is 181 g/mol. The number of esters is 1. The van der Waals surface area contributed by atoms with Crippen LogP contribution in [0, 0.1) is 0 Å². The minimum absolute atomic E-state index is 0.220. The molecule has 3 heteroatoms. The van der Waals surface area contributed by atoms with Crippen molar-refractivity contribution in [2.45, 2.75) is 20.1 Å². The van der Waals surface area contributed by atoms with E-state index in [9.17, 15) is 4.79 Å². The standard InChI is InChI=1S/C10H15NO2/c1-7(2)5-8-6-9(12)13-10(8)11(3)4/h5-6,10H,1-4H3. The summed E-state index contributed by atoms with van der Waals surface area (Å²) in [5.41, 5.74) is 2.09. The van der Waals surface area contributed by atoms with E-state index in [2.05, 4.69) is 0 Å². The molecule has 1 atom stereocenters. The van der Waals surface area contributed by atoms with Crippen molar-refractivity contribution in [2.24, 2.45) is 0 Å². The van der Waals surface area contributed by atoms with Gasteiger partial charge in [-0.25, -0.2) is 4.79 Å². The average Bonchev–Trinajstić information content (AvgIpc) is 2.29. The van der Waals surface area contributed by atoms with Gasteiger partial charge in [-0.15, -0.1) is 0 Å². The molecule has 0 aromatic carbocycles. The Balaban J connectivity index is 2.86. The van der Waals surface area contributed by atoms with E-state index in [1.54, 1.807) is 0 Å². The van der Waals surface area contributed by atoms with Crippen LogP contribution in [0.25, 0.3) is 0 Å². The molecule has 0 aliphatic carbocycles. The predicted molar refractivity (Wildman–Crippen MR) is 51.1 cm³/mol. The Labute approximate surface area is 78.7 Å². The lowest BCUT2D eigenvalue weighted by Gasteiger charge is -2.19. The van der Waals surface area contributed by atoms with Crippen LogP contribution >= 0.6 is 0 Å². The number of allylic oxidation sites excluding steroid dienone is 1. The molecule has 1 aliphatic heterocycles. The quantitative estimate of drug-likeness (QED) is 0.602. The molecule has 0 bridgehead atoms. The summed E-state index contributed by atoms with van der Waals surface area (Å²) in [7, 11) is 3.77. The monoisotopic (exact) mass is 181 g/mol. The summed E-state index contributed by atoms with van der Waals surface area (Å²) in [5, 5.41) is 0. The largest absolute Gasteiger partial charge is 0.439 e. The Morgan fingerprint density at radius 1 is 1.54 bits per heavy atom. The number of hydrogen-bond donors (Lipinski definition) is 0. The fourth-order valence-corrected chi connectivity index (χ4v) is 1.27. The number of hydrogen-bond acceptors (Lipinski definition) is 3. The van der Waals surface area contributed by atoms with E-state index in [1.807, 2.05) is 38.9 Å². The fraction of sp³-hybridized carbons (Fsp3) is 0.500. The summed E-state index contributed by atoms with van der Waals surface area (Å²) in [6, 6.07) is 0. The first kappa shape index (κ1) is 9.99. The highest BCUT2D eigenvalue weighted by atomic mass is 16.6. The number of nitrogens with zero attached hydrogens (tertiary/aromatic N) is 1. The van der Waals surface area contributed by atoms with Gasteiger partial charge >= 0.3 is 5.97 Å². The highest BCUT2D eigenvalue weighted by Gasteiger charge is 2.25. The molecule has 0 amide bonds. The van der Waals surface area contributed by atoms with E-state index in [0.717, 1.165) is 11.1 Å². The van der Waals surface area contributed by atoms with Crippen molar-refractivity contribution in [1.82, 2.24) is 4.90 Å². The van der Waals surface area contributed by atoms with Gasteiger partial charge in [0.25, 0.3) is 0 Å². The fourth-order valence-electron chi connectivity index (χ4n) is 1.27. The Morgan fingerprint density at radius 3 is 2.62 bits per heavy atom. The first-order valence-corrected chi connectivity index (χ1v) is 4.24. The highest BCUT2D eigenvalue weighted by Crippen LogP contribution is 2.19. The molecule has 0 radical (unpaired) electrons. The Bertz CT molecular complexity index is 273. The minimum atomic E-state index is -0.258. The SMILES string of the molecule is CC(C)=CC1=CC(=O)OC1N(C)C. The van der Waals surface area contributed by atoms with E-state index in [-0.39, 0.29) is 12.2 Å². The van der Waals surface area contributed by atoms with Crippen LogP contribution in [0.5, 0.6) is 0 Å². The van der Waals surface area contributed by atoms with E-state index < -0.39 is 0 Å². The molecule has 0 N–H and O–H groups in total. The zero-order chi connectivity index (χ0) is 10.0. The number of rotatable bonds is 2. The Morgan fingerprint density at radius 2 is 2.15 bits per heavy atom. The highest BCUT2D eigenvalue weighted by molar-refractivity contribution is 5.86. The number of cyclic esters (lactones) is 1. The molecule has 72 valence electrons. The lowest BCUT2D eigenvalue weighted by molar-refractivity contribution is -0.143. The maximum absolute atomic E-state index is 11.0. The van der Waals surface area contributed by atoms with Crippen molar-refractivity contribution >= 4 is 5.97 Å². The van der Waals surface area contributed by atoms with E-state index in [1.165, 1.54) is 6.08 Å². The second-order valence-corrected chi connectivity index (χ2v) is 3.62. The van der Waals surface area contributed by atoms with Crippen LogP contribution in [0.3, 0.4) is 0 Å². The first-order chi connectivity index (χ1) is 6.00. The van der Waals surface area contributed by atoms with Gasteiger partial charge < -0.3 is 4.74 Å². The molecular weight excluding hydrogens is 166 g/mol. The normalized spacial score (nSPS) is 21.5. The third-order valence-electron chi connectivity index (χ3n) is 1.72. The van der Waals surface area contributed by atoms with Crippen LogP contribution < -0.4 is 0 Å². The molecule has 1 heterocycles. The molecule has 0 aromatic rings. The lowest BCUT2D eigenvalue weighted by atomic mass is 10.1. The Kier molecular flexibility index (Phi) is 2.88. The maximum Gasteiger partial charge on any atom is 0.333 e. The van der Waals surface area contributed by atoms with Gasteiger partial charge in [-0.2, -0.15) is 0 Å². The van der Waals surface area contributed by atoms with E-state index in [4.69, 9.17) is 4.74 Å². The minimum Gasteiger partial charge on any atom is -0.439 e. The second kappa shape index (κ2) is 3.75. The molecule has 3 nitrogen and oxygen atoms in total. The van der Waals surface area contributed by atoms with E-state index >= 15 is 0 Å². The van der Waals surface area contributed by atoms with Crippen molar-refractivity contribution in [3.05, 3.63) is 23.3 Å². The third-order valence-corrected chi connectivity index (χ3v) is 1.72. The van der Waals surface area contributed by atoms with Crippen molar-refractivity contribution in [2.75, 3.05) is 14.1 Å². The van der Waals surface area contributed by atoms with E-state index in [0.29, 0.717) is 0 Å². The molecule has 1 aliphatic rings. The Hall–Kier alpha value is -1.09. The smallest absolute Gasteiger partial charge is 0.333 e. The zero-order valence-electron chi connectivity index (χ0n) is 8.50. The van der Waals surface area contributed by atoms with Crippen molar-refractivity contribution in [3.63, 3.8) is 0 Å². The van der Waals surface area contributed by atoms with Crippen LogP contribution in [0.2, 0.25) is 0 Å². The number of ether oxygens (including phenoxy) is 1. The van der Waals surface area contributed by atoms with Crippen molar-refractivity contribution in [1.29, 1.82) is 0 Å². The number of carbonyl (C=O) groups is 1. The van der Waals surface area contributed by atoms with Gasteiger partial charge in [0.15, 0.2) is 6.23 Å². The van der Waals surface area contributed by atoms with Gasteiger partial charge in [-0.3, -0.25) is 4.90 Å². The summed E-state index contributed by atoms with van der Waals surface area (Å²) < 4.78 is 5.09. The maximum atomic E-state index is 11.0. The van der Waals surface area contributed by atoms with Crippen LogP contribution in [0.15, 0.2) is 23.3 Å². The van der Waals surface area contributed by atoms with Gasteiger partial charge in [0, 0.05) is 11.6 Å². The molecule has 0 spiro atoms. The lowest BCUT2D eigenvalue weighted by Crippen LogP contribution is -2.29. The molecular formula is C10H15NO2. The number of likely N-dealkylation sites (N-methyl/N-ethyl adjacent to an activating group) is 1. The first-order valence-electron chi connectivity index (χ1n) is 4.24. The van der Waals surface area contributed by atoms with Gasteiger partial charge in [0.1, 0.15) is 0 Å². The topological polar surface area (TPSA) is 29.5 Å². The number of carbonyl (C=O) groups excluding carboxylic acids is 1. The second-order valence-electron chi connectivity index (χ2n) is 3.62. The third kappa shape index (κ3) is 2.42. The predicted octanol–water partition coefficient (Wildman–Crippen LogP) is 1.32. The van der Waals surface area contributed by atoms with Gasteiger partial charge in [0.05, 0.1) is 0 Å². The van der Waals surface area contributed by atoms with Gasteiger partial charge in [0.2, 0.25) is 0 Å². The molecule has 0 saturated heterocycles. The van der Waals surface area contributed by atoms with Gasteiger partial charge in [-0.05, 0) is 27.9 Å². The summed E-state index contributed by atoms with van der Waals surface area (Å²) in [6.45, 7) is 3.99. The molecule has 13 heavy (non-hydrogen) atoms. The molecule has 1 rings (SSSR count). The van der Waals surface area contributed by atoms with Crippen molar-refractivity contribution < 1.29 is 9.53 Å². The summed E-state index contributed by atoms with van der Waals surface area (Å²) in [4.78, 5) is 12.9. The zero-order valence-corrected chi connectivity index (χ0v) is 8.50. The van der Waals surface area contributed by atoms with Crippen molar-refractivity contribution in [3.8, 4) is 0 Å². The molecule has 1 unspecified atom stereocenters. The summed E-state index contributed by atoms with van der Waals surface area (Å²) in [5.74, 6) is -0.258. The van der Waals surface area contributed by atoms with Gasteiger partial charge in [-0.1, -0.05) is 11.6 Å². The molecule has 0 fully saturated rings. The van der Waals surface area contributed by atoms with Crippen LogP contribution in [-0.4, -0.2) is 31.2 Å². The summed E-state index contributed by atoms with van der Waals surface area (Å²) in [6.07, 6.45) is 3.29.